The second-order valence-corrected chi connectivity index (χ2v) is 6.18. The molecule has 0 fully saturated rings. The number of aromatic nitrogens is 2. The Morgan fingerprint density at radius 1 is 1.30 bits per heavy atom. The summed E-state index contributed by atoms with van der Waals surface area (Å²) >= 11 is 1.70. The molecule has 0 spiro atoms. The summed E-state index contributed by atoms with van der Waals surface area (Å²) in [7, 11) is 1.94. The van der Waals surface area contributed by atoms with Gasteiger partial charge in [0.2, 0.25) is 0 Å². The Morgan fingerprint density at radius 2 is 2.00 bits per heavy atom. The summed E-state index contributed by atoms with van der Waals surface area (Å²) < 4.78 is 1.87. The third-order valence-corrected chi connectivity index (χ3v) is 4.45. The summed E-state index contributed by atoms with van der Waals surface area (Å²) in [5, 5.41) is 14.6. The molecule has 108 valence electrons. The topological polar surface area (TPSA) is 38.0 Å². The molecule has 3 nitrogen and oxygen atoms in total. The van der Waals surface area contributed by atoms with Gasteiger partial charge in [0.15, 0.2) is 0 Å². The fraction of sp³-hybridized carbons (Fsp3) is 0.438. The van der Waals surface area contributed by atoms with E-state index < -0.39 is 0 Å². The summed E-state index contributed by atoms with van der Waals surface area (Å²) in [6, 6.07) is 10.5. The van der Waals surface area contributed by atoms with Crippen molar-refractivity contribution in [3.8, 4) is 0 Å². The summed E-state index contributed by atoms with van der Waals surface area (Å²) in [5.74, 6) is 0.704. The van der Waals surface area contributed by atoms with Crippen LogP contribution in [0.3, 0.4) is 0 Å². The molecule has 2 aromatic rings. The number of nitrogens with zero attached hydrogens (tertiary/aromatic N) is 2. The molecule has 1 aromatic carbocycles. The van der Waals surface area contributed by atoms with Crippen LogP contribution in [0.15, 0.2) is 35.2 Å². The SMILES string of the molecule is CCc1cc(CC(O)CSc2ccc(C)cc2)n(C)n1. The van der Waals surface area contributed by atoms with Crippen molar-refractivity contribution in [1.82, 2.24) is 9.78 Å². The van der Waals surface area contributed by atoms with Crippen LogP contribution in [0.4, 0.5) is 0 Å². The highest BCUT2D eigenvalue weighted by Gasteiger charge is 2.11. The highest BCUT2D eigenvalue weighted by atomic mass is 32.2. The first-order chi connectivity index (χ1) is 9.58. The van der Waals surface area contributed by atoms with Crippen molar-refractivity contribution < 1.29 is 5.11 Å². The zero-order chi connectivity index (χ0) is 14.5. The predicted octanol–water partition coefficient (Wildman–Crippen LogP) is 2.99. The number of rotatable bonds is 6. The molecular weight excluding hydrogens is 268 g/mol. The molecule has 0 saturated heterocycles. The molecule has 1 N–H and O–H groups in total. The number of aliphatic hydroxyl groups is 1. The van der Waals surface area contributed by atoms with E-state index >= 15 is 0 Å². The lowest BCUT2D eigenvalue weighted by atomic mass is 10.2. The van der Waals surface area contributed by atoms with Gasteiger partial charge < -0.3 is 5.11 Å². The fourth-order valence-corrected chi connectivity index (χ4v) is 2.89. The molecule has 1 aromatic heterocycles. The molecular formula is C16H22N2OS. The zero-order valence-electron chi connectivity index (χ0n) is 12.3. The van der Waals surface area contributed by atoms with Crippen LogP contribution in [0.25, 0.3) is 0 Å². The Balaban J connectivity index is 1.87. The van der Waals surface area contributed by atoms with Crippen LogP contribution in [0, 0.1) is 6.92 Å². The Hall–Kier alpha value is -1.26. The van der Waals surface area contributed by atoms with E-state index in [1.54, 1.807) is 11.8 Å². The average molecular weight is 290 g/mol. The molecule has 1 atom stereocenters. The minimum atomic E-state index is -0.346. The van der Waals surface area contributed by atoms with Crippen molar-refractivity contribution >= 4 is 11.8 Å². The van der Waals surface area contributed by atoms with Crippen LogP contribution in [-0.4, -0.2) is 26.7 Å². The number of thioether (sulfide) groups is 1. The molecule has 4 heteroatoms. The Bertz CT molecular complexity index is 548. The van der Waals surface area contributed by atoms with Gasteiger partial charge in [0.25, 0.3) is 0 Å². The number of aliphatic hydroxyl groups excluding tert-OH is 1. The first-order valence-corrected chi connectivity index (χ1v) is 7.96. The quantitative estimate of drug-likeness (QED) is 0.831. The van der Waals surface area contributed by atoms with Crippen LogP contribution >= 0.6 is 11.8 Å². The molecule has 0 aliphatic heterocycles. The van der Waals surface area contributed by atoms with Crippen LogP contribution < -0.4 is 0 Å². The third-order valence-electron chi connectivity index (χ3n) is 3.30. The number of hydrogen-bond acceptors (Lipinski definition) is 3. The molecule has 0 aliphatic rings. The van der Waals surface area contributed by atoms with Crippen LogP contribution in [0.5, 0.6) is 0 Å². The molecule has 0 aliphatic carbocycles. The van der Waals surface area contributed by atoms with E-state index in [2.05, 4.69) is 49.3 Å². The number of hydrogen-bond donors (Lipinski definition) is 1. The van der Waals surface area contributed by atoms with E-state index in [1.165, 1.54) is 10.5 Å². The van der Waals surface area contributed by atoms with Crippen molar-refractivity contribution in [3.05, 3.63) is 47.3 Å². The molecule has 20 heavy (non-hydrogen) atoms. The lowest BCUT2D eigenvalue weighted by Crippen LogP contribution is -2.15. The van der Waals surface area contributed by atoms with Gasteiger partial charge >= 0.3 is 0 Å². The first kappa shape index (κ1) is 15.1. The Kier molecular flexibility index (Phi) is 5.26. The highest BCUT2D eigenvalue weighted by Crippen LogP contribution is 2.20. The van der Waals surface area contributed by atoms with Crippen molar-refractivity contribution in [2.75, 3.05) is 5.75 Å². The largest absolute Gasteiger partial charge is 0.392 e. The molecule has 0 radical (unpaired) electrons. The Labute approximate surface area is 125 Å². The smallest absolute Gasteiger partial charge is 0.0689 e. The summed E-state index contributed by atoms with van der Waals surface area (Å²) in [6.07, 6.45) is 1.24. The maximum absolute atomic E-state index is 10.2. The number of aryl methyl sites for hydroxylation is 3. The molecule has 2 rings (SSSR count). The summed E-state index contributed by atoms with van der Waals surface area (Å²) in [6.45, 7) is 4.17. The summed E-state index contributed by atoms with van der Waals surface area (Å²) in [5.41, 5.74) is 3.44. The first-order valence-electron chi connectivity index (χ1n) is 6.97. The van der Waals surface area contributed by atoms with Gasteiger partial charge in [-0.1, -0.05) is 24.6 Å². The summed E-state index contributed by atoms with van der Waals surface area (Å²) in [4.78, 5) is 1.20. The Morgan fingerprint density at radius 3 is 2.60 bits per heavy atom. The van der Waals surface area contributed by atoms with Crippen molar-refractivity contribution in [1.29, 1.82) is 0 Å². The van der Waals surface area contributed by atoms with Crippen molar-refractivity contribution in [2.24, 2.45) is 7.05 Å². The lowest BCUT2D eigenvalue weighted by Gasteiger charge is -2.10. The van der Waals surface area contributed by atoms with Gasteiger partial charge in [-0.05, 0) is 31.5 Å². The van der Waals surface area contributed by atoms with E-state index in [-0.39, 0.29) is 6.10 Å². The maximum Gasteiger partial charge on any atom is 0.0689 e. The minimum Gasteiger partial charge on any atom is -0.392 e. The zero-order valence-corrected chi connectivity index (χ0v) is 13.2. The monoisotopic (exact) mass is 290 g/mol. The van der Waals surface area contributed by atoms with Crippen LogP contribution in [0.2, 0.25) is 0 Å². The van der Waals surface area contributed by atoms with E-state index in [0.29, 0.717) is 12.2 Å². The highest BCUT2D eigenvalue weighted by molar-refractivity contribution is 7.99. The van der Waals surface area contributed by atoms with E-state index in [0.717, 1.165) is 17.8 Å². The van der Waals surface area contributed by atoms with Crippen molar-refractivity contribution in [2.45, 2.75) is 37.7 Å². The van der Waals surface area contributed by atoms with E-state index in [1.807, 2.05) is 11.7 Å². The minimum absolute atomic E-state index is 0.346. The van der Waals surface area contributed by atoms with Gasteiger partial charge in [-0.2, -0.15) is 5.10 Å². The fourth-order valence-electron chi connectivity index (χ4n) is 2.06. The van der Waals surface area contributed by atoms with Crippen LogP contribution in [-0.2, 0) is 19.9 Å². The van der Waals surface area contributed by atoms with E-state index in [9.17, 15) is 5.11 Å². The molecule has 1 heterocycles. The third kappa shape index (κ3) is 4.12. The van der Waals surface area contributed by atoms with Crippen LogP contribution in [0.1, 0.15) is 23.9 Å². The van der Waals surface area contributed by atoms with Gasteiger partial charge in [-0.3, -0.25) is 4.68 Å². The molecule has 0 bridgehead atoms. The van der Waals surface area contributed by atoms with Gasteiger partial charge in [-0.15, -0.1) is 11.8 Å². The standard InChI is InChI=1S/C16H22N2OS/c1-4-13-9-14(18(3)17-13)10-15(19)11-20-16-7-5-12(2)6-8-16/h5-9,15,19H,4,10-11H2,1-3H3. The molecule has 0 amide bonds. The normalized spacial score (nSPS) is 12.6. The average Bonchev–Trinajstić information content (AvgIpc) is 2.79. The van der Waals surface area contributed by atoms with E-state index in [4.69, 9.17) is 0 Å². The molecule has 0 saturated carbocycles. The number of benzene rings is 1. The molecule has 1 unspecified atom stereocenters. The van der Waals surface area contributed by atoms with Gasteiger partial charge in [-0.25, -0.2) is 0 Å². The van der Waals surface area contributed by atoms with Gasteiger partial charge in [0.1, 0.15) is 0 Å². The van der Waals surface area contributed by atoms with Crippen molar-refractivity contribution in [3.63, 3.8) is 0 Å². The predicted molar refractivity (Wildman–Crippen MR) is 84.2 cm³/mol. The second-order valence-electron chi connectivity index (χ2n) is 5.09. The lowest BCUT2D eigenvalue weighted by molar-refractivity contribution is 0.197. The van der Waals surface area contributed by atoms with Gasteiger partial charge in [0, 0.05) is 29.8 Å². The van der Waals surface area contributed by atoms with Gasteiger partial charge in [0.05, 0.1) is 11.8 Å². The second kappa shape index (κ2) is 6.95. The maximum atomic E-state index is 10.2.